The summed E-state index contributed by atoms with van der Waals surface area (Å²) in [7, 11) is 0. The lowest BCUT2D eigenvalue weighted by atomic mass is 9.66. The largest absolute Gasteiger partial charge is 0.0649 e. The van der Waals surface area contributed by atoms with E-state index in [9.17, 15) is 0 Å². The van der Waals surface area contributed by atoms with Gasteiger partial charge in [0.15, 0.2) is 0 Å². The van der Waals surface area contributed by atoms with Crippen molar-refractivity contribution >= 4 is 0 Å². The molecule has 0 N–H and O–H groups in total. The second-order valence-electron chi connectivity index (χ2n) is 7.21. The Morgan fingerprint density at radius 3 is 1.71 bits per heavy atom. The SMILES string of the molecule is CCC(C)(CC)CC(C)(CC)CC1CCCC1. The van der Waals surface area contributed by atoms with Gasteiger partial charge < -0.3 is 0 Å². The molecule has 102 valence electrons. The second-order valence-corrected chi connectivity index (χ2v) is 7.21. The third-order valence-electron chi connectivity index (χ3n) is 5.67. The summed E-state index contributed by atoms with van der Waals surface area (Å²) in [5, 5.41) is 0. The third-order valence-corrected chi connectivity index (χ3v) is 5.67. The zero-order valence-corrected chi connectivity index (χ0v) is 12.9. The highest BCUT2D eigenvalue weighted by Gasteiger charge is 2.34. The first-order valence-electron chi connectivity index (χ1n) is 7.97. The topological polar surface area (TPSA) is 0 Å². The molecule has 0 heteroatoms. The standard InChI is InChI=1S/C17H34/c1-6-16(4,7-2)14-17(5,8-3)13-15-11-9-10-12-15/h15H,6-14H2,1-5H3. The van der Waals surface area contributed by atoms with Crippen LogP contribution in [0.1, 0.15) is 92.4 Å². The monoisotopic (exact) mass is 238 g/mol. The Morgan fingerprint density at radius 2 is 1.29 bits per heavy atom. The van der Waals surface area contributed by atoms with E-state index in [4.69, 9.17) is 0 Å². The molecule has 0 spiro atoms. The van der Waals surface area contributed by atoms with Crippen LogP contribution in [0.3, 0.4) is 0 Å². The quantitative estimate of drug-likeness (QED) is 0.495. The predicted octanol–water partition coefficient (Wildman–Crippen LogP) is 6.20. The first-order valence-corrected chi connectivity index (χ1v) is 7.97. The van der Waals surface area contributed by atoms with Gasteiger partial charge in [0.2, 0.25) is 0 Å². The molecular weight excluding hydrogens is 204 g/mol. The summed E-state index contributed by atoms with van der Waals surface area (Å²) in [6.07, 6.45) is 12.9. The minimum absolute atomic E-state index is 0.573. The highest BCUT2D eigenvalue weighted by atomic mass is 14.4. The fraction of sp³-hybridized carbons (Fsp3) is 1.00. The molecule has 0 aromatic rings. The number of hydrogen-bond acceptors (Lipinski definition) is 0. The van der Waals surface area contributed by atoms with Crippen molar-refractivity contribution in [2.24, 2.45) is 16.7 Å². The van der Waals surface area contributed by atoms with Crippen molar-refractivity contribution in [1.82, 2.24) is 0 Å². The van der Waals surface area contributed by atoms with Crippen molar-refractivity contribution < 1.29 is 0 Å². The zero-order chi connectivity index (χ0) is 12.9. The van der Waals surface area contributed by atoms with Gasteiger partial charge in [0.25, 0.3) is 0 Å². The number of hydrogen-bond donors (Lipinski definition) is 0. The summed E-state index contributed by atoms with van der Waals surface area (Å²) in [6, 6.07) is 0. The molecule has 0 aromatic heterocycles. The van der Waals surface area contributed by atoms with Gasteiger partial charge in [-0.3, -0.25) is 0 Å². The van der Waals surface area contributed by atoms with E-state index < -0.39 is 0 Å². The molecule has 0 aromatic carbocycles. The third kappa shape index (κ3) is 4.30. The first kappa shape index (κ1) is 15.1. The highest BCUT2D eigenvalue weighted by molar-refractivity contribution is 4.85. The summed E-state index contributed by atoms with van der Waals surface area (Å²) in [5.41, 5.74) is 1.17. The highest BCUT2D eigenvalue weighted by Crippen LogP contribution is 2.46. The maximum atomic E-state index is 2.55. The van der Waals surface area contributed by atoms with Gasteiger partial charge in [0.1, 0.15) is 0 Å². The zero-order valence-electron chi connectivity index (χ0n) is 12.9. The molecule has 1 fully saturated rings. The summed E-state index contributed by atoms with van der Waals surface area (Å²) in [4.78, 5) is 0. The smallest absolute Gasteiger partial charge is 0.0321 e. The number of rotatable bonds is 7. The van der Waals surface area contributed by atoms with Crippen LogP contribution in [0.25, 0.3) is 0 Å². The summed E-state index contributed by atoms with van der Waals surface area (Å²) in [6.45, 7) is 12.2. The van der Waals surface area contributed by atoms with Crippen LogP contribution in [0.4, 0.5) is 0 Å². The van der Waals surface area contributed by atoms with Crippen LogP contribution >= 0.6 is 0 Å². The Kier molecular flexibility index (Phi) is 5.54. The first-order chi connectivity index (χ1) is 7.97. The minimum Gasteiger partial charge on any atom is -0.0649 e. The van der Waals surface area contributed by atoms with Gasteiger partial charge in [-0.2, -0.15) is 0 Å². The minimum atomic E-state index is 0.573. The predicted molar refractivity (Wildman–Crippen MR) is 78.3 cm³/mol. The van der Waals surface area contributed by atoms with Crippen LogP contribution in [0.5, 0.6) is 0 Å². The van der Waals surface area contributed by atoms with Crippen molar-refractivity contribution in [3.8, 4) is 0 Å². The Hall–Kier alpha value is 0. The van der Waals surface area contributed by atoms with Gasteiger partial charge in [0.05, 0.1) is 0 Å². The van der Waals surface area contributed by atoms with E-state index in [1.807, 2.05) is 0 Å². The van der Waals surface area contributed by atoms with E-state index >= 15 is 0 Å². The molecule has 0 bridgehead atoms. The fourth-order valence-electron chi connectivity index (χ4n) is 3.78. The molecule has 0 amide bonds. The fourth-order valence-corrected chi connectivity index (χ4v) is 3.78. The molecule has 0 nitrogen and oxygen atoms in total. The molecule has 1 rings (SSSR count). The lowest BCUT2D eigenvalue weighted by Gasteiger charge is -2.40. The molecule has 0 heterocycles. The van der Waals surface area contributed by atoms with Crippen molar-refractivity contribution in [1.29, 1.82) is 0 Å². The Balaban J connectivity index is 2.59. The van der Waals surface area contributed by atoms with Crippen LogP contribution in [0, 0.1) is 16.7 Å². The van der Waals surface area contributed by atoms with Gasteiger partial charge in [-0.25, -0.2) is 0 Å². The summed E-state index contributed by atoms with van der Waals surface area (Å²) in [5.74, 6) is 1.04. The normalized spacial score (nSPS) is 21.7. The van der Waals surface area contributed by atoms with Crippen LogP contribution in [-0.2, 0) is 0 Å². The van der Waals surface area contributed by atoms with E-state index in [2.05, 4.69) is 34.6 Å². The molecule has 0 radical (unpaired) electrons. The lowest BCUT2D eigenvalue weighted by Crippen LogP contribution is -2.28. The van der Waals surface area contributed by atoms with Gasteiger partial charge in [-0.1, -0.05) is 79.6 Å². The van der Waals surface area contributed by atoms with E-state index in [-0.39, 0.29) is 0 Å². The van der Waals surface area contributed by atoms with E-state index in [0.29, 0.717) is 10.8 Å². The molecule has 0 aliphatic heterocycles. The van der Waals surface area contributed by atoms with Crippen LogP contribution in [0.2, 0.25) is 0 Å². The molecule has 1 atom stereocenters. The lowest BCUT2D eigenvalue weighted by molar-refractivity contribution is 0.114. The maximum absolute atomic E-state index is 2.55. The van der Waals surface area contributed by atoms with Crippen LogP contribution < -0.4 is 0 Å². The van der Waals surface area contributed by atoms with Gasteiger partial charge >= 0.3 is 0 Å². The average Bonchev–Trinajstić information content (AvgIpc) is 2.81. The van der Waals surface area contributed by atoms with Gasteiger partial charge in [0, 0.05) is 0 Å². The Bertz CT molecular complexity index is 208. The second kappa shape index (κ2) is 6.25. The molecule has 1 aliphatic rings. The Labute approximate surface area is 110 Å². The van der Waals surface area contributed by atoms with Gasteiger partial charge in [-0.05, 0) is 29.6 Å². The molecular formula is C17H34. The Morgan fingerprint density at radius 1 is 0.824 bits per heavy atom. The van der Waals surface area contributed by atoms with Crippen molar-refractivity contribution in [3.05, 3.63) is 0 Å². The maximum Gasteiger partial charge on any atom is -0.0321 e. The summed E-state index contributed by atoms with van der Waals surface area (Å²) >= 11 is 0. The average molecular weight is 238 g/mol. The molecule has 1 unspecified atom stereocenters. The molecule has 1 saturated carbocycles. The van der Waals surface area contributed by atoms with Crippen molar-refractivity contribution in [3.63, 3.8) is 0 Å². The van der Waals surface area contributed by atoms with E-state index in [0.717, 1.165) is 5.92 Å². The van der Waals surface area contributed by atoms with Crippen LogP contribution in [0.15, 0.2) is 0 Å². The molecule has 0 saturated heterocycles. The van der Waals surface area contributed by atoms with Crippen molar-refractivity contribution in [2.75, 3.05) is 0 Å². The summed E-state index contributed by atoms with van der Waals surface area (Å²) < 4.78 is 0. The van der Waals surface area contributed by atoms with Crippen molar-refractivity contribution in [2.45, 2.75) is 92.4 Å². The van der Waals surface area contributed by atoms with Crippen LogP contribution in [-0.4, -0.2) is 0 Å². The molecule has 17 heavy (non-hydrogen) atoms. The van der Waals surface area contributed by atoms with Gasteiger partial charge in [-0.15, -0.1) is 0 Å². The van der Waals surface area contributed by atoms with E-state index in [1.165, 1.54) is 57.8 Å². The van der Waals surface area contributed by atoms with E-state index in [1.54, 1.807) is 0 Å². The molecule has 1 aliphatic carbocycles.